The molecule has 0 radical (unpaired) electrons. The van der Waals surface area contributed by atoms with Crippen LogP contribution in [0.1, 0.15) is 44.3 Å². The fraction of sp³-hybridized carbons (Fsp3) is 0.200. The van der Waals surface area contributed by atoms with Crippen molar-refractivity contribution in [3.63, 3.8) is 0 Å². The molecule has 7 nitrogen and oxygen atoms in total. The number of carbonyl (C=O) groups is 2. The van der Waals surface area contributed by atoms with E-state index >= 15 is 0 Å². The molecule has 0 aliphatic heterocycles. The number of benzene rings is 3. The number of sulfonamides is 1. The Hall–Kier alpha value is -3.65. The molecule has 0 aliphatic rings. The van der Waals surface area contributed by atoms with E-state index in [4.69, 9.17) is 4.74 Å². The second kappa shape index (κ2) is 9.87. The lowest BCUT2D eigenvalue weighted by Gasteiger charge is -2.14. The maximum atomic E-state index is 13.1. The zero-order chi connectivity index (χ0) is 24.2. The molecule has 0 heterocycles. The first kappa shape index (κ1) is 24.0. The standard InChI is InChI=1S/C25H26N2O5S/c1-5-32-25(29)19-11-13-21(14-12-19)26-24(28)20-10-9-17(3)23(15-20)33(30,31)27-22-8-6-7-16(2)18(22)4/h6-15,27H,5H2,1-4H3,(H,26,28). The topological polar surface area (TPSA) is 102 Å². The monoisotopic (exact) mass is 466 g/mol. The predicted molar refractivity (Wildman–Crippen MR) is 128 cm³/mol. The van der Waals surface area contributed by atoms with Gasteiger partial charge in [0.25, 0.3) is 15.9 Å². The molecule has 3 rings (SSSR count). The maximum absolute atomic E-state index is 13.1. The fourth-order valence-electron chi connectivity index (χ4n) is 3.20. The molecule has 0 bridgehead atoms. The normalized spacial score (nSPS) is 11.0. The van der Waals surface area contributed by atoms with Crippen molar-refractivity contribution in [1.29, 1.82) is 0 Å². The van der Waals surface area contributed by atoms with Gasteiger partial charge in [-0.2, -0.15) is 0 Å². The minimum absolute atomic E-state index is 0.0220. The highest BCUT2D eigenvalue weighted by molar-refractivity contribution is 7.92. The Morgan fingerprint density at radius 3 is 2.21 bits per heavy atom. The van der Waals surface area contributed by atoms with Crippen LogP contribution in [0.5, 0.6) is 0 Å². The number of nitrogens with one attached hydrogen (secondary N) is 2. The molecule has 33 heavy (non-hydrogen) atoms. The lowest BCUT2D eigenvalue weighted by atomic mass is 10.1. The summed E-state index contributed by atoms with van der Waals surface area (Å²) in [5.74, 6) is -0.915. The summed E-state index contributed by atoms with van der Waals surface area (Å²) in [6.07, 6.45) is 0. The highest BCUT2D eigenvalue weighted by Gasteiger charge is 2.20. The van der Waals surface area contributed by atoms with Crippen LogP contribution in [0, 0.1) is 20.8 Å². The van der Waals surface area contributed by atoms with Crippen LogP contribution in [0.4, 0.5) is 11.4 Å². The van der Waals surface area contributed by atoms with Crippen molar-refractivity contribution in [3.05, 3.63) is 88.5 Å². The van der Waals surface area contributed by atoms with E-state index in [0.717, 1.165) is 11.1 Å². The van der Waals surface area contributed by atoms with Crippen molar-refractivity contribution in [2.45, 2.75) is 32.6 Å². The van der Waals surface area contributed by atoms with Crippen molar-refractivity contribution in [3.8, 4) is 0 Å². The van der Waals surface area contributed by atoms with Gasteiger partial charge in [-0.05, 0) is 86.8 Å². The van der Waals surface area contributed by atoms with Crippen LogP contribution in [0.3, 0.4) is 0 Å². The molecule has 1 amide bonds. The Morgan fingerprint density at radius 1 is 0.879 bits per heavy atom. The number of amides is 1. The van der Waals surface area contributed by atoms with Crippen LogP contribution >= 0.6 is 0 Å². The minimum atomic E-state index is -3.91. The molecule has 2 N–H and O–H groups in total. The zero-order valence-electron chi connectivity index (χ0n) is 18.9. The molecule has 0 fully saturated rings. The third kappa shape index (κ3) is 5.59. The van der Waals surface area contributed by atoms with E-state index < -0.39 is 21.9 Å². The summed E-state index contributed by atoms with van der Waals surface area (Å²) in [6.45, 7) is 7.42. The van der Waals surface area contributed by atoms with Crippen LogP contribution in [-0.2, 0) is 14.8 Å². The Balaban J connectivity index is 1.82. The second-order valence-corrected chi connectivity index (χ2v) is 9.24. The first-order valence-corrected chi connectivity index (χ1v) is 11.9. The number of ether oxygens (including phenoxy) is 1. The summed E-state index contributed by atoms with van der Waals surface area (Å²) < 4.78 is 33.7. The van der Waals surface area contributed by atoms with E-state index in [-0.39, 0.29) is 17.1 Å². The van der Waals surface area contributed by atoms with Crippen LogP contribution in [-0.4, -0.2) is 26.9 Å². The smallest absolute Gasteiger partial charge is 0.338 e. The average molecular weight is 467 g/mol. The molecule has 0 unspecified atom stereocenters. The van der Waals surface area contributed by atoms with Gasteiger partial charge in [-0.15, -0.1) is 0 Å². The van der Waals surface area contributed by atoms with Crippen molar-refractivity contribution in [2.75, 3.05) is 16.6 Å². The third-order valence-electron chi connectivity index (χ3n) is 5.24. The van der Waals surface area contributed by atoms with Crippen LogP contribution < -0.4 is 10.0 Å². The summed E-state index contributed by atoms with van der Waals surface area (Å²) in [4.78, 5) is 24.5. The molecular weight excluding hydrogens is 440 g/mol. The quantitative estimate of drug-likeness (QED) is 0.485. The Kier molecular flexibility index (Phi) is 7.18. The number of carbonyl (C=O) groups excluding carboxylic acids is 2. The van der Waals surface area contributed by atoms with E-state index in [1.807, 2.05) is 19.9 Å². The predicted octanol–water partition coefficient (Wildman–Crippen LogP) is 4.84. The van der Waals surface area contributed by atoms with E-state index in [0.29, 0.717) is 22.5 Å². The van der Waals surface area contributed by atoms with Gasteiger partial charge in [0.15, 0.2) is 0 Å². The Morgan fingerprint density at radius 2 is 1.55 bits per heavy atom. The molecule has 0 atom stereocenters. The third-order valence-corrected chi connectivity index (χ3v) is 6.75. The van der Waals surface area contributed by atoms with Crippen molar-refractivity contribution in [1.82, 2.24) is 0 Å². The number of hydrogen-bond acceptors (Lipinski definition) is 5. The summed E-state index contributed by atoms with van der Waals surface area (Å²) >= 11 is 0. The van der Waals surface area contributed by atoms with Gasteiger partial charge in [0.2, 0.25) is 0 Å². The molecule has 0 aliphatic carbocycles. The van der Waals surface area contributed by atoms with E-state index in [2.05, 4.69) is 10.0 Å². The number of anilines is 2. The van der Waals surface area contributed by atoms with E-state index in [1.54, 1.807) is 62.4 Å². The van der Waals surface area contributed by atoms with Crippen LogP contribution in [0.25, 0.3) is 0 Å². The zero-order valence-corrected chi connectivity index (χ0v) is 19.7. The Labute approximate surface area is 193 Å². The van der Waals surface area contributed by atoms with Gasteiger partial charge in [0.1, 0.15) is 0 Å². The molecule has 172 valence electrons. The van der Waals surface area contributed by atoms with Gasteiger partial charge in [0, 0.05) is 11.3 Å². The lowest BCUT2D eigenvalue weighted by molar-refractivity contribution is 0.0526. The average Bonchev–Trinajstić information content (AvgIpc) is 2.77. The number of hydrogen-bond donors (Lipinski definition) is 2. The summed E-state index contributed by atoms with van der Waals surface area (Å²) in [7, 11) is -3.91. The molecule has 0 saturated carbocycles. The van der Waals surface area contributed by atoms with Crippen molar-refractivity contribution in [2.24, 2.45) is 0 Å². The molecule has 0 saturated heterocycles. The van der Waals surface area contributed by atoms with Crippen molar-refractivity contribution < 1.29 is 22.7 Å². The van der Waals surface area contributed by atoms with Crippen molar-refractivity contribution >= 4 is 33.3 Å². The summed E-state index contributed by atoms with van der Waals surface area (Å²) in [5, 5.41) is 2.71. The molecule has 3 aromatic rings. The SMILES string of the molecule is CCOC(=O)c1ccc(NC(=O)c2ccc(C)c(S(=O)(=O)Nc3cccc(C)c3C)c2)cc1. The van der Waals surface area contributed by atoms with Gasteiger partial charge in [-0.25, -0.2) is 13.2 Å². The highest BCUT2D eigenvalue weighted by atomic mass is 32.2. The van der Waals surface area contributed by atoms with Gasteiger partial charge >= 0.3 is 5.97 Å². The van der Waals surface area contributed by atoms with Gasteiger partial charge in [-0.1, -0.05) is 18.2 Å². The maximum Gasteiger partial charge on any atom is 0.338 e. The van der Waals surface area contributed by atoms with Gasteiger partial charge < -0.3 is 10.1 Å². The summed E-state index contributed by atoms with van der Waals surface area (Å²) in [5.41, 5.74) is 3.83. The second-order valence-electron chi connectivity index (χ2n) is 7.59. The molecule has 8 heteroatoms. The van der Waals surface area contributed by atoms with Crippen LogP contribution in [0.15, 0.2) is 65.6 Å². The number of esters is 1. The minimum Gasteiger partial charge on any atom is -0.462 e. The number of rotatable bonds is 7. The fourth-order valence-corrected chi connectivity index (χ4v) is 4.59. The first-order valence-electron chi connectivity index (χ1n) is 10.4. The summed E-state index contributed by atoms with van der Waals surface area (Å²) in [6, 6.07) is 16.2. The highest BCUT2D eigenvalue weighted by Crippen LogP contribution is 2.25. The van der Waals surface area contributed by atoms with Crippen LogP contribution in [0.2, 0.25) is 0 Å². The molecule has 0 spiro atoms. The largest absolute Gasteiger partial charge is 0.462 e. The molecule has 0 aromatic heterocycles. The molecular formula is C25H26N2O5S. The lowest BCUT2D eigenvalue weighted by Crippen LogP contribution is -2.17. The van der Waals surface area contributed by atoms with E-state index in [9.17, 15) is 18.0 Å². The van der Waals surface area contributed by atoms with Gasteiger partial charge in [0.05, 0.1) is 22.8 Å². The first-order chi connectivity index (χ1) is 15.6. The Bertz CT molecular complexity index is 1300. The molecule has 3 aromatic carbocycles. The van der Waals surface area contributed by atoms with E-state index in [1.165, 1.54) is 6.07 Å². The number of aryl methyl sites for hydroxylation is 2. The van der Waals surface area contributed by atoms with Gasteiger partial charge in [-0.3, -0.25) is 9.52 Å².